The van der Waals surface area contributed by atoms with Crippen LogP contribution in [0.15, 0.2) is 0 Å². The summed E-state index contributed by atoms with van der Waals surface area (Å²) >= 11 is 0.995. The van der Waals surface area contributed by atoms with Crippen LogP contribution in [0, 0.1) is 0 Å². The summed E-state index contributed by atoms with van der Waals surface area (Å²) in [6.45, 7) is 0. The molecule has 0 aliphatic carbocycles. The lowest BCUT2D eigenvalue weighted by Crippen LogP contribution is -2.41. The van der Waals surface area contributed by atoms with Gasteiger partial charge >= 0.3 is 12.0 Å². The first kappa shape index (κ1) is 9.09. The Hall–Kier alpha value is -0.910. The van der Waals surface area contributed by atoms with Gasteiger partial charge in [-0.1, -0.05) is 0 Å². The Bertz CT molecular complexity index is 149. The molecule has 0 spiro atoms. The highest BCUT2D eigenvalue weighted by molar-refractivity contribution is 7.99. The molecule has 4 N–H and O–H groups in total. The van der Waals surface area contributed by atoms with Gasteiger partial charge in [-0.05, 0) is 6.26 Å². The first-order chi connectivity index (χ1) is 4.57. The summed E-state index contributed by atoms with van der Waals surface area (Å²) in [6, 6.07) is -0.832. The third-order valence-electron chi connectivity index (χ3n) is 0.733. The van der Waals surface area contributed by atoms with Crippen molar-refractivity contribution in [3.63, 3.8) is 0 Å². The number of hydrogen-bond donors (Lipinski definition) is 3. The first-order valence-electron chi connectivity index (χ1n) is 2.39. The van der Waals surface area contributed by atoms with Gasteiger partial charge in [0.15, 0.2) is 5.37 Å². The quantitative estimate of drug-likeness (QED) is 0.487. The van der Waals surface area contributed by atoms with Crippen LogP contribution in [0.1, 0.15) is 0 Å². The van der Waals surface area contributed by atoms with Gasteiger partial charge in [0.25, 0.3) is 0 Å². The van der Waals surface area contributed by atoms with Crippen molar-refractivity contribution in [3.05, 3.63) is 0 Å². The van der Waals surface area contributed by atoms with Crippen LogP contribution < -0.4 is 11.1 Å². The van der Waals surface area contributed by atoms with Crippen molar-refractivity contribution in [2.75, 3.05) is 6.26 Å². The molecule has 0 heterocycles. The minimum absolute atomic E-state index is 0.832. The largest absolute Gasteiger partial charge is 0.479 e. The maximum Gasteiger partial charge on any atom is 0.336 e. The van der Waals surface area contributed by atoms with Crippen molar-refractivity contribution in [1.82, 2.24) is 5.32 Å². The maximum atomic E-state index is 10.2. The van der Waals surface area contributed by atoms with Crippen LogP contribution in [-0.2, 0) is 4.79 Å². The topological polar surface area (TPSA) is 92.4 Å². The first-order valence-corrected chi connectivity index (χ1v) is 3.68. The molecule has 10 heavy (non-hydrogen) atoms. The highest BCUT2D eigenvalue weighted by Crippen LogP contribution is 2.01. The van der Waals surface area contributed by atoms with E-state index in [2.05, 4.69) is 5.73 Å². The van der Waals surface area contributed by atoms with Crippen LogP contribution in [-0.4, -0.2) is 28.7 Å². The van der Waals surface area contributed by atoms with Crippen molar-refractivity contribution < 1.29 is 14.7 Å². The molecular weight excluding hydrogens is 156 g/mol. The Kier molecular flexibility index (Phi) is 3.63. The lowest BCUT2D eigenvalue weighted by molar-refractivity contribution is -0.136. The van der Waals surface area contributed by atoms with Crippen LogP contribution >= 0.6 is 11.8 Å². The zero-order chi connectivity index (χ0) is 8.15. The van der Waals surface area contributed by atoms with E-state index in [1.54, 1.807) is 6.26 Å². The fourth-order valence-electron chi connectivity index (χ4n) is 0.351. The molecule has 0 saturated carbocycles. The van der Waals surface area contributed by atoms with Crippen LogP contribution in [0.4, 0.5) is 4.79 Å². The number of carbonyl (C=O) groups excluding carboxylic acids is 1. The highest BCUT2D eigenvalue weighted by atomic mass is 32.2. The van der Waals surface area contributed by atoms with Crippen molar-refractivity contribution >= 4 is 23.8 Å². The lowest BCUT2D eigenvalue weighted by Gasteiger charge is -2.07. The molecule has 6 heteroatoms. The van der Waals surface area contributed by atoms with Crippen LogP contribution in [0.2, 0.25) is 0 Å². The summed E-state index contributed by atoms with van der Waals surface area (Å²) in [4.78, 5) is 20.3. The molecule has 0 aromatic carbocycles. The van der Waals surface area contributed by atoms with Gasteiger partial charge < -0.3 is 16.2 Å². The number of primary amides is 1. The van der Waals surface area contributed by atoms with Gasteiger partial charge in [0.2, 0.25) is 0 Å². The van der Waals surface area contributed by atoms with E-state index in [0.717, 1.165) is 11.8 Å². The Balaban J connectivity index is 3.83. The number of hydrogen-bond acceptors (Lipinski definition) is 3. The molecule has 0 aliphatic heterocycles. The third-order valence-corrected chi connectivity index (χ3v) is 1.52. The number of urea groups is 1. The lowest BCUT2D eigenvalue weighted by atomic mass is 10.6. The molecule has 0 saturated heterocycles. The second-order valence-corrected chi connectivity index (χ2v) is 2.41. The standard InChI is InChI=1S/C4H8N2O3S/c1-10-2(3(7)8)6-4(5)9/h2H,1H3,(H,7,8)(H3,5,6,9)/t2-/m0/s1. The van der Waals surface area contributed by atoms with Gasteiger partial charge in [-0.2, -0.15) is 0 Å². The third kappa shape index (κ3) is 3.18. The van der Waals surface area contributed by atoms with Gasteiger partial charge in [-0.15, -0.1) is 11.8 Å². The van der Waals surface area contributed by atoms with Crippen molar-refractivity contribution in [3.8, 4) is 0 Å². The van der Waals surface area contributed by atoms with Crippen molar-refractivity contribution in [1.29, 1.82) is 0 Å². The van der Waals surface area contributed by atoms with E-state index < -0.39 is 17.4 Å². The fraction of sp³-hybridized carbons (Fsp3) is 0.500. The predicted molar refractivity (Wildman–Crippen MR) is 37.7 cm³/mol. The molecule has 0 aromatic heterocycles. The molecule has 0 unspecified atom stereocenters. The average molecular weight is 164 g/mol. The van der Waals surface area contributed by atoms with E-state index in [1.807, 2.05) is 5.32 Å². The Morgan fingerprint density at radius 2 is 2.20 bits per heavy atom. The number of carbonyl (C=O) groups is 2. The maximum absolute atomic E-state index is 10.2. The van der Waals surface area contributed by atoms with Gasteiger partial charge in [-0.3, -0.25) is 0 Å². The van der Waals surface area contributed by atoms with E-state index in [0.29, 0.717) is 0 Å². The van der Waals surface area contributed by atoms with Gasteiger partial charge in [0, 0.05) is 0 Å². The van der Waals surface area contributed by atoms with Crippen LogP contribution in [0.25, 0.3) is 0 Å². The summed E-state index contributed by atoms with van der Waals surface area (Å²) in [7, 11) is 0. The monoisotopic (exact) mass is 164 g/mol. The summed E-state index contributed by atoms with van der Waals surface area (Å²) < 4.78 is 0. The molecule has 0 bridgehead atoms. The van der Waals surface area contributed by atoms with Gasteiger partial charge in [-0.25, -0.2) is 9.59 Å². The molecule has 0 fully saturated rings. The molecule has 5 nitrogen and oxygen atoms in total. The molecule has 58 valence electrons. The zero-order valence-corrected chi connectivity index (χ0v) is 6.14. The second kappa shape index (κ2) is 3.99. The smallest absolute Gasteiger partial charge is 0.336 e. The second-order valence-electron chi connectivity index (χ2n) is 1.46. The Morgan fingerprint density at radius 3 is 2.30 bits per heavy atom. The average Bonchev–Trinajstić information content (AvgIpc) is 1.81. The number of thioether (sulfide) groups is 1. The molecule has 2 amide bonds. The Morgan fingerprint density at radius 1 is 1.70 bits per heavy atom. The number of amides is 2. The van der Waals surface area contributed by atoms with Crippen molar-refractivity contribution in [2.24, 2.45) is 5.73 Å². The minimum atomic E-state index is -1.11. The number of aliphatic carboxylic acids is 1. The highest BCUT2D eigenvalue weighted by Gasteiger charge is 2.15. The summed E-state index contributed by atoms with van der Waals surface area (Å²) in [5, 5.41) is 9.42. The van der Waals surface area contributed by atoms with Crippen LogP contribution in [0.3, 0.4) is 0 Å². The Labute approximate surface area is 62.0 Å². The number of rotatable bonds is 3. The van der Waals surface area contributed by atoms with Gasteiger partial charge in [0.1, 0.15) is 0 Å². The van der Waals surface area contributed by atoms with E-state index in [1.165, 1.54) is 0 Å². The molecule has 1 atom stereocenters. The van der Waals surface area contributed by atoms with Gasteiger partial charge in [0.05, 0.1) is 0 Å². The molecule has 0 aliphatic rings. The fourth-order valence-corrected chi connectivity index (χ4v) is 0.786. The SMILES string of the molecule is CS[C@H](NC(N)=O)C(=O)O. The number of nitrogens with one attached hydrogen (secondary N) is 1. The van der Waals surface area contributed by atoms with Crippen molar-refractivity contribution in [2.45, 2.75) is 5.37 Å². The van der Waals surface area contributed by atoms with E-state index in [9.17, 15) is 9.59 Å². The molecular formula is C4H8N2O3S. The zero-order valence-electron chi connectivity index (χ0n) is 5.33. The summed E-state index contributed by atoms with van der Waals surface area (Å²) in [6.07, 6.45) is 1.56. The molecule has 0 rings (SSSR count). The van der Waals surface area contributed by atoms with E-state index >= 15 is 0 Å². The summed E-state index contributed by atoms with van der Waals surface area (Å²) in [5.41, 5.74) is 4.68. The summed E-state index contributed by atoms with van der Waals surface area (Å²) in [5.74, 6) is -1.11. The molecule has 0 aromatic rings. The number of carboxylic acids is 1. The van der Waals surface area contributed by atoms with E-state index in [-0.39, 0.29) is 0 Å². The normalized spacial score (nSPS) is 12.1. The van der Waals surface area contributed by atoms with E-state index in [4.69, 9.17) is 5.11 Å². The molecule has 0 radical (unpaired) electrons. The predicted octanol–water partition coefficient (Wildman–Crippen LogP) is -0.572. The van der Waals surface area contributed by atoms with Crippen LogP contribution in [0.5, 0.6) is 0 Å². The number of carboxylic acid groups (broad SMARTS) is 1. The number of nitrogens with two attached hydrogens (primary N) is 1. The minimum Gasteiger partial charge on any atom is -0.479 e.